The maximum absolute atomic E-state index is 13.0. The minimum absolute atomic E-state index is 0.0313. The van der Waals surface area contributed by atoms with Crippen LogP contribution in [-0.2, 0) is 9.59 Å². The molecular weight excluding hydrogens is 384 g/mol. The van der Waals surface area contributed by atoms with Gasteiger partial charge in [-0.3, -0.25) is 14.4 Å². The molecule has 1 aromatic rings. The molecule has 3 rings (SSSR count). The first-order chi connectivity index (χ1) is 11.6. The zero-order valence-corrected chi connectivity index (χ0v) is 16.3. The summed E-state index contributed by atoms with van der Waals surface area (Å²) in [4.78, 5) is 37.6. The highest BCUT2D eigenvalue weighted by molar-refractivity contribution is 9.10. The Morgan fingerprint density at radius 1 is 1.24 bits per heavy atom. The van der Waals surface area contributed by atoms with E-state index in [4.69, 9.17) is 0 Å². The molecule has 2 bridgehead atoms. The van der Waals surface area contributed by atoms with Crippen molar-refractivity contribution in [3.63, 3.8) is 0 Å². The average Bonchev–Trinajstić information content (AvgIpc) is 2.85. The van der Waals surface area contributed by atoms with E-state index < -0.39 is 23.2 Å². The van der Waals surface area contributed by atoms with Gasteiger partial charge >= 0.3 is 5.97 Å². The van der Waals surface area contributed by atoms with Gasteiger partial charge in [0.05, 0.1) is 5.92 Å². The number of ketones is 2. The van der Waals surface area contributed by atoms with Crippen LogP contribution in [0.5, 0.6) is 0 Å². The fraction of sp³-hybridized carbons (Fsp3) is 0.550. The van der Waals surface area contributed by atoms with Crippen molar-refractivity contribution in [1.82, 2.24) is 0 Å². The van der Waals surface area contributed by atoms with Crippen LogP contribution in [0.15, 0.2) is 28.7 Å². The monoisotopic (exact) mass is 406 g/mol. The molecule has 1 N–H and O–H groups in total. The fourth-order valence-electron chi connectivity index (χ4n) is 4.94. The lowest BCUT2D eigenvalue weighted by atomic mass is 9.70. The van der Waals surface area contributed by atoms with Crippen molar-refractivity contribution in [2.24, 2.45) is 28.6 Å². The molecule has 4 atom stereocenters. The lowest BCUT2D eigenvalue weighted by Crippen LogP contribution is -2.38. The van der Waals surface area contributed by atoms with Gasteiger partial charge in [-0.2, -0.15) is 0 Å². The highest BCUT2D eigenvalue weighted by atomic mass is 79.9. The Balaban J connectivity index is 1.88. The molecule has 4 nitrogen and oxygen atoms in total. The average molecular weight is 407 g/mol. The van der Waals surface area contributed by atoms with E-state index in [2.05, 4.69) is 29.8 Å². The number of halogens is 1. The second-order valence-corrected chi connectivity index (χ2v) is 9.08. The Morgan fingerprint density at radius 2 is 1.84 bits per heavy atom. The van der Waals surface area contributed by atoms with Crippen molar-refractivity contribution in [3.05, 3.63) is 34.3 Å². The number of hydrogen-bond acceptors (Lipinski definition) is 3. The lowest BCUT2D eigenvalue weighted by Gasteiger charge is -2.32. The Hall–Kier alpha value is -1.49. The molecule has 0 radical (unpaired) electrons. The molecule has 0 aliphatic heterocycles. The molecule has 0 saturated heterocycles. The van der Waals surface area contributed by atoms with Crippen LogP contribution < -0.4 is 0 Å². The first-order valence-corrected chi connectivity index (χ1v) is 9.45. The summed E-state index contributed by atoms with van der Waals surface area (Å²) in [5.74, 6) is -2.72. The smallest absolute Gasteiger partial charge is 0.307 e. The van der Waals surface area contributed by atoms with Gasteiger partial charge in [0.1, 0.15) is 5.78 Å². The van der Waals surface area contributed by atoms with Gasteiger partial charge in [-0.05, 0) is 36.3 Å². The van der Waals surface area contributed by atoms with Gasteiger partial charge in [-0.25, -0.2) is 0 Å². The number of hydrogen-bond donors (Lipinski definition) is 1. The molecule has 0 aromatic heterocycles. The summed E-state index contributed by atoms with van der Waals surface area (Å²) in [6.07, 6.45) is 1.54. The van der Waals surface area contributed by atoms with E-state index in [0.29, 0.717) is 5.56 Å². The standard InChI is InChI=1S/C20H23BrO4/c1-19(2)14-8-9-20(19,3)17(23)16(14)13(18(24)25)10-15(22)11-4-6-12(21)7-5-11/h4-7,13-14,16H,8-10H2,1-3H3,(H,24,25)/t13-,14?,16-,20?/m1/s1. The Bertz CT molecular complexity index is 737. The quantitative estimate of drug-likeness (QED) is 0.737. The number of rotatable bonds is 5. The van der Waals surface area contributed by atoms with Gasteiger partial charge < -0.3 is 5.11 Å². The molecule has 134 valence electrons. The SMILES string of the molecule is CC12CCC([C@@H]([C@@H](CC(=O)c3ccc(Br)cc3)C(=O)O)C1=O)C2(C)C. The number of benzene rings is 1. The van der Waals surface area contributed by atoms with E-state index in [1.807, 2.05) is 6.92 Å². The molecule has 2 fully saturated rings. The van der Waals surface area contributed by atoms with E-state index in [1.54, 1.807) is 24.3 Å². The zero-order valence-electron chi connectivity index (χ0n) is 14.7. The Labute approximate surface area is 156 Å². The van der Waals surface area contributed by atoms with Crippen molar-refractivity contribution >= 4 is 33.5 Å². The van der Waals surface area contributed by atoms with Crippen LogP contribution in [0.1, 0.15) is 50.4 Å². The van der Waals surface area contributed by atoms with Crippen LogP contribution in [0.3, 0.4) is 0 Å². The van der Waals surface area contributed by atoms with E-state index in [0.717, 1.165) is 17.3 Å². The van der Waals surface area contributed by atoms with Gasteiger partial charge in [0.25, 0.3) is 0 Å². The molecule has 2 aliphatic carbocycles. The topological polar surface area (TPSA) is 71.4 Å². The third-order valence-corrected chi connectivity index (χ3v) is 7.44. The molecule has 0 spiro atoms. The predicted octanol–water partition coefficient (Wildman–Crippen LogP) is 4.36. The summed E-state index contributed by atoms with van der Waals surface area (Å²) < 4.78 is 0.858. The van der Waals surface area contributed by atoms with Gasteiger partial charge in [0.15, 0.2) is 5.78 Å². The predicted molar refractivity (Wildman–Crippen MR) is 97.3 cm³/mol. The van der Waals surface area contributed by atoms with Crippen LogP contribution in [0.2, 0.25) is 0 Å². The zero-order chi connectivity index (χ0) is 18.6. The van der Waals surface area contributed by atoms with Crippen molar-refractivity contribution < 1.29 is 19.5 Å². The van der Waals surface area contributed by atoms with Crippen LogP contribution in [-0.4, -0.2) is 22.6 Å². The van der Waals surface area contributed by atoms with Crippen LogP contribution in [0.4, 0.5) is 0 Å². The molecular formula is C20H23BrO4. The summed E-state index contributed by atoms with van der Waals surface area (Å²) in [6.45, 7) is 6.10. The summed E-state index contributed by atoms with van der Waals surface area (Å²) in [6, 6.07) is 6.88. The van der Waals surface area contributed by atoms with Crippen molar-refractivity contribution in [2.75, 3.05) is 0 Å². The van der Waals surface area contributed by atoms with Gasteiger partial charge in [-0.15, -0.1) is 0 Å². The highest BCUT2D eigenvalue weighted by Gasteiger charge is 2.68. The molecule has 1 aromatic carbocycles. The van der Waals surface area contributed by atoms with E-state index in [9.17, 15) is 19.5 Å². The number of carboxylic acids is 1. The van der Waals surface area contributed by atoms with E-state index >= 15 is 0 Å². The third kappa shape index (κ3) is 2.67. The minimum atomic E-state index is -1.05. The summed E-state index contributed by atoms with van der Waals surface area (Å²) in [5.41, 5.74) is -0.213. The van der Waals surface area contributed by atoms with Gasteiger partial charge in [0.2, 0.25) is 0 Å². The third-order valence-electron chi connectivity index (χ3n) is 6.91. The van der Waals surface area contributed by atoms with Gasteiger partial charge in [0, 0.05) is 27.8 Å². The molecule has 2 unspecified atom stereocenters. The van der Waals surface area contributed by atoms with Crippen molar-refractivity contribution in [3.8, 4) is 0 Å². The van der Waals surface area contributed by atoms with Crippen LogP contribution in [0.25, 0.3) is 0 Å². The number of Topliss-reactive ketones (excluding diaryl/α,β-unsaturated/α-hetero) is 2. The Morgan fingerprint density at radius 3 is 2.32 bits per heavy atom. The second-order valence-electron chi connectivity index (χ2n) is 8.17. The van der Waals surface area contributed by atoms with Crippen LogP contribution >= 0.6 is 15.9 Å². The Kier molecular flexibility index (Phi) is 4.43. The number of fused-ring (bicyclic) bond motifs is 2. The number of carboxylic acid groups (broad SMARTS) is 1. The molecule has 2 saturated carbocycles. The largest absolute Gasteiger partial charge is 0.481 e. The summed E-state index contributed by atoms with van der Waals surface area (Å²) in [5, 5.41) is 9.76. The highest BCUT2D eigenvalue weighted by Crippen LogP contribution is 2.67. The molecule has 25 heavy (non-hydrogen) atoms. The normalized spacial score (nSPS) is 31.1. The van der Waals surface area contributed by atoms with Crippen molar-refractivity contribution in [1.29, 1.82) is 0 Å². The number of carbonyl (C=O) groups excluding carboxylic acids is 2. The molecule has 0 amide bonds. The maximum atomic E-state index is 13.0. The molecule has 2 aliphatic rings. The first kappa shape index (κ1) is 18.3. The minimum Gasteiger partial charge on any atom is -0.481 e. The molecule has 5 heteroatoms. The summed E-state index contributed by atoms with van der Waals surface area (Å²) >= 11 is 3.32. The number of aliphatic carboxylic acids is 1. The number of carbonyl (C=O) groups is 3. The molecule has 0 heterocycles. The summed E-state index contributed by atoms with van der Waals surface area (Å²) in [7, 11) is 0. The van der Waals surface area contributed by atoms with Crippen LogP contribution in [0, 0.1) is 28.6 Å². The first-order valence-electron chi connectivity index (χ1n) is 8.65. The van der Waals surface area contributed by atoms with E-state index in [-0.39, 0.29) is 29.3 Å². The van der Waals surface area contributed by atoms with E-state index in [1.165, 1.54) is 0 Å². The fourth-order valence-corrected chi connectivity index (χ4v) is 5.20. The lowest BCUT2D eigenvalue weighted by molar-refractivity contribution is -0.148. The van der Waals surface area contributed by atoms with Gasteiger partial charge in [-0.1, -0.05) is 48.8 Å². The maximum Gasteiger partial charge on any atom is 0.307 e. The second kappa shape index (κ2) is 6.04. The van der Waals surface area contributed by atoms with Crippen molar-refractivity contribution in [2.45, 2.75) is 40.0 Å².